The second kappa shape index (κ2) is 5.50. The first-order chi connectivity index (χ1) is 10.5. The van der Waals surface area contributed by atoms with Crippen molar-refractivity contribution in [1.29, 1.82) is 0 Å². The lowest BCUT2D eigenvalue weighted by Crippen LogP contribution is -2.22. The van der Waals surface area contributed by atoms with Crippen molar-refractivity contribution >= 4 is 23.0 Å². The average Bonchev–Trinajstić information content (AvgIpc) is 3.04. The molecule has 3 N–H and O–H groups in total. The van der Waals surface area contributed by atoms with Gasteiger partial charge in [0.1, 0.15) is 6.23 Å². The van der Waals surface area contributed by atoms with Crippen LogP contribution in [0.4, 0.5) is 5.95 Å². The van der Waals surface area contributed by atoms with E-state index in [1.54, 1.807) is 18.4 Å². The van der Waals surface area contributed by atoms with Crippen molar-refractivity contribution in [3.63, 3.8) is 0 Å². The van der Waals surface area contributed by atoms with Crippen molar-refractivity contribution in [1.82, 2.24) is 19.5 Å². The number of hydrogen-bond donors (Lipinski definition) is 3. The number of amides is 1. The summed E-state index contributed by atoms with van der Waals surface area (Å²) in [6.07, 6.45) is 1.29. The molecule has 1 amide bonds. The lowest BCUT2D eigenvalue weighted by Gasteiger charge is -2.13. The SMILES string of the molecule is CC(C)C(=O)Nc1nc2c(ncn2C2CC[C@@H](O)O2)c(=O)[nH]1. The predicted molar refractivity (Wildman–Crippen MR) is 77.0 cm³/mol. The number of aliphatic hydroxyl groups is 1. The lowest BCUT2D eigenvalue weighted by atomic mass is 10.2. The molecule has 0 spiro atoms. The van der Waals surface area contributed by atoms with Crippen molar-refractivity contribution in [3.8, 4) is 0 Å². The highest BCUT2D eigenvalue weighted by Gasteiger charge is 2.27. The third-order valence-corrected chi connectivity index (χ3v) is 3.48. The average molecular weight is 307 g/mol. The summed E-state index contributed by atoms with van der Waals surface area (Å²) in [5, 5.41) is 12.0. The molecule has 118 valence electrons. The lowest BCUT2D eigenvalue weighted by molar-refractivity contribution is -0.119. The van der Waals surface area contributed by atoms with Gasteiger partial charge in [-0.3, -0.25) is 24.5 Å². The highest BCUT2D eigenvalue weighted by Crippen LogP contribution is 2.28. The molecule has 9 heteroatoms. The largest absolute Gasteiger partial charge is 0.368 e. The fourth-order valence-electron chi connectivity index (χ4n) is 2.26. The maximum absolute atomic E-state index is 12.0. The number of nitrogens with one attached hydrogen (secondary N) is 2. The summed E-state index contributed by atoms with van der Waals surface area (Å²) in [6, 6.07) is 0. The maximum Gasteiger partial charge on any atom is 0.280 e. The van der Waals surface area contributed by atoms with E-state index in [0.29, 0.717) is 18.5 Å². The smallest absolute Gasteiger partial charge is 0.280 e. The second-order valence-corrected chi connectivity index (χ2v) is 5.51. The molecule has 3 rings (SSSR count). The quantitative estimate of drug-likeness (QED) is 0.751. The minimum absolute atomic E-state index is 0.0662. The van der Waals surface area contributed by atoms with Crippen LogP contribution in [-0.2, 0) is 9.53 Å². The summed E-state index contributed by atoms with van der Waals surface area (Å²) in [4.78, 5) is 34.5. The van der Waals surface area contributed by atoms with Crippen LogP contribution in [0.1, 0.15) is 32.9 Å². The van der Waals surface area contributed by atoms with Crippen LogP contribution in [0.15, 0.2) is 11.1 Å². The Hall–Kier alpha value is -2.26. The van der Waals surface area contributed by atoms with Crippen LogP contribution in [0.2, 0.25) is 0 Å². The van der Waals surface area contributed by atoms with Crippen LogP contribution in [0, 0.1) is 5.92 Å². The highest BCUT2D eigenvalue weighted by atomic mass is 16.6. The van der Waals surface area contributed by atoms with E-state index in [1.165, 1.54) is 6.33 Å². The van der Waals surface area contributed by atoms with E-state index in [9.17, 15) is 14.7 Å². The van der Waals surface area contributed by atoms with Crippen LogP contribution in [0.5, 0.6) is 0 Å². The summed E-state index contributed by atoms with van der Waals surface area (Å²) >= 11 is 0. The Morgan fingerprint density at radius 2 is 2.32 bits per heavy atom. The van der Waals surface area contributed by atoms with Gasteiger partial charge in [-0.1, -0.05) is 13.8 Å². The molecule has 1 saturated heterocycles. The molecule has 1 unspecified atom stereocenters. The molecule has 1 fully saturated rings. The number of carbonyl (C=O) groups excluding carboxylic acids is 1. The van der Waals surface area contributed by atoms with Gasteiger partial charge in [0.2, 0.25) is 11.9 Å². The number of hydrogen-bond acceptors (Lipinski definition) is 6. The molecule has 9 nitrogen and oxygen atoms in total. The molecule has 1 aliphatic rings. The fraction of sp³-hybridized carbons (Fsp3) is 0.538. The van der Waals surface area contributed by atoms with Crippen LogP contribution in [0.3, 0.4) is 0 Å². The second-order valence-electron chi connectivity index (χ2n) is 5.51. The van der Waals surface area contributed by atoms with Crippen LogP contribution in [0.25, 0.3) is 11.2 Å². The zero-order valence-electron chi connectivity index (χ0n) is 12.2. The van der Waals surface area contributed by atoms with Crippen molar-refractivity contribution in [3.05, 3.63) is 16.7 Å². The van der Waals surface area contributed by atoms with Gasteiger partial charge in [-0.15, -0.1) is 0 Å². The van der Waals surface area contributed by atoms with Gasteiger partial charge < -0.3 is 9.84 Å². The third-order valence-electron chi connectivity index (χ3n) is 3.48. The van der Waals surface area contributed by atoms with Crippen LogP contribution < -0.4 is 10.9 Å². The van der Waals surface area contributed by atoms with Gasteiger partial charge in [-0.2, -0.15) is 4.98 Å². The molecule has 0 aromatic carbocycles. The minimum atomic E-state index is -0.829. The summed E-state index contributed by atoms with van der Waals surface area (Å²) in [7, 11) is 0. The third kappa shape index (κ3) is 2.60. The Balaban J connectivity index is 2.00. The summed E-state index contributed by atoms with van der Waals surface area (Å²) in [5.41, 5.74) is 0.0239. The van der Waals surface area contributed by atoms with Crippen molar-refractivity contribution in [2.45, 2.75) is 39.2 Å². The van der Waals surface area contributed by atoms with Crippen LogP contribution >= 0.6 is 0 Å². The van der Waals surface area contributed by atoms with E-state index in [4.69, 9.17) is 4.74 Å². The monoisotopic (exact) mass is 307 g/mol. The molecule has 2 aromatic heterocycles. The fourth-order valence-corrected chi connectivity index (χ4v) is 2.26. The number of fused-ring (bicyclic) bond motifs is 1. The molecule has 2 atom stereocenters. The number of aromatic amines is 1. The molecule has 22 heavy (non-hydrogen) atoms. The zero-order chi connectivity index (χ0) is 15.9. The number of aliphatic hydroxyl groups excluding tert-OH is 1. The Morgan fingerprint density at radius 3 is 2.95 bits per heavy atom. The summed E-state index contributed by atoms with van der Waals surface area (Å²) < 4.78 is 6.94. The summed E-state index contributed by atoms with van der Waals surface area (Å²) in [5.74, 6) is -0.420. The number of rotatable bonds is 3. The number of aromatic nitrogens is 4. The van der Waals surface area contributed by atoms with E-state index in [1.807, 2.05) is 0 Å². The molecule has 2 aromatic rings. The Morgan fingerprint density at radius 1 is 1.55 bits per heavy atom. The minimum Gasteiger partial charge on any atom is -0.368 e. The van der Waals surface area contributed by atoms with E-state index in [0.717, 1.165) is 0 Å². The van der Waals surface area contributed by atoms with Gasteiger partial charge in [0.05, 0.1) is 6.33 Å². The first-order valence-electron chi connectivity index (χ1n) is 7.07. The molecule has 1 aliphatic heterocycles. The van der Waals surface area contributed by atoms with Gasteiger partial charge in [0, 0.05) is 12.3 Å². The number of anilines is 1. The van der Waals surface area contributed by atoms with E-state index < -0.39 is 18.1 Å². The van der Waals surface area contributed by atoms with E-state index in [-0.39, 0.29) is 23.3 Å². The van der Waals surface area contributed by atoms with Crippen molar-refractivity contribution in [2.75, 3.05) is 5.32 Å². The highest BCUT2D eigenvalue weighted by molar-refractivity contribution is 5.91. The van der Waals surface area contributed by atoms with Crippen LogP contribution in [-0.4, -0.2) is 36.8 Å². The van der Waals surface area contributed by atoms with Crippen molar-refractivity contribution < 1.29 is 14.6 Å². The number of nitrogens with zero attached hydrogens (tertiary/aromatic N) is 3. The Bertz CT molecular complexity index is 765. The van der Waals surface area contributed by atoms with Gasteiger partial charge in [-0.25, -0.2) is 4.98 Å². The zero-order valence-corrected chi connectivity index (χ0v) is 12.2. The Labute approximate surface area is 125 Å². The number of imidazole rings is 1. The normalized spacial score (nSPS) is 21.6. The van der Waals surface area contributed by atoms with E-state index in [2.05, 4.69) is 20.3 Å². The molecular formula is C13H17N5O4. The Kier molecular flexibility index (Phi) is 3.67. The number of ether oxygens (including phenoxy) is 1. The molecule has 0 radical (unpaired) electrons. The van der Waals surface area contributed by atoms with Gasteiger partial charge >= 0.3 is 0 Å². The predicted octanol–water partition coefficient (Wildman–Crippen LogP) is 0.341. The van der Waals surface area contributed by atoms with Gasteiger partial charge in [0.25, 0.3) is 5.56 Å². The number of carbonyl (C=O) groups is 1. The summed E-state index contributed by atoms with van der Waals surface area (Å²) in [6.45, 7) is 3.48. The number of H-pyrrole nitrogens is 1. The molecule has 0 aliphatic carbocycles. The molecular weight excluding hydrogens is 290 g/mol. The first-order valence-corrected chi connectivity index (χ1v) is 7.07. The molecule has 3 heterocycles. The van der Waals surface area contributed by atoms with Gasteiger partial charge in [0.15, 0.2) is 17.5 Å². The standard InChI is InChI=1S/C13H17N5O4/c1-6(2)11(20)16-13-15-10-9(12(21)17-13)14-5-18(10)7-3-4-8(19)22-7/h5-8,19H,3-4H2,1-2H3,(H2,15,16,17,20,21)/t7?,8-/m0/s1. The molecule has 0 bridgehead atoms. The first kappa shape index (κ1) is 14.7. The topological polar surface area (TPSA) is 122 Å². The van der Waals surface area contributed by atoms with Crippen molar-refractivity contribution in [2.24, 2.45) is 5.92 Å². The maximum atomic E-state index is 12.0. The van der Waals surface area contributed by atoms with Gasteiger partial charge in [-0.05, 0) is 6.42 Å². The molecule has 0 saturated carbocycles. The van der Waals surface area contributed by atoms with E-state index >= 15 is 0 Å².